The van der Waals surface area contributed by atoms with Crippen LogP contribution in [0.5, 0.6) is 0 Å². The van der Waals surface area contributed by atoms with Crippen LogP contribution in [0.1, 0.15) is 22.0 Å². The van der Waals surface area contributed by atoms with Gasteiger partial charge in [0.05, 0.1) is 16.6 Å². The Morgan fingerprint density at radius 2 is 1.78 bits per heavy atom. The molecular formula is C20H22ClF2N3O. The summed E-state index contributed by atoms with van der Waals surface area (Å²) in [4.78, 5) is 17.0. The minimum absolute atomic E-state index is 0.0745. The summed E-state index contributed by atoms with van der Waals surface area (Å²) in [5.41, 5.74) is 0.747. The second-order valence-electron chi connectivity index (χ2n) is 6.71. The number of nitrogens with one attached hydrogen (secondary N) is 1. The van der Waals surface area contributed by atoms with Gasteiger partial charge in [-0.1, -0.05) is 29.8 Å². The van der Waals surface area contributed by atoms with E-state index in [0.29, 0.717) is 0 Å². The Morgan fingerprint density at radius 1 is 1.11 bits per heavy atom. The lowest BCUT2D eigenvalue weighted by molar-refractivity contribution is 0.0883. The molecule has 4 nitrogen and oxygen atoms in total. The Balaban J connectivity index is 1.77. The number of hydrogen-bond donors (Lipinski definition) is 1. The highest BCUT2D eigenvalue weighted by molar-refractivity contribution is 6.33. The third-order valence-corrected chi connectivity index (χ3v) is 5.19. The van der Waals surface area contributed by atoms with E-state index in [9.17, 15) is 13.6 Å². The number of piperazine rings is 1. The number of rotatable bonds is 5. The fourth-order valence-electron chi connectivity index (χ4n) is 3.27. The fourth-order valence-corrected chi connectivity index (χ4v) is 3.52. The number of nitrogens with zero attached hydrogens (tertiary/aromatic N) is 2. The second kappa shape index (κ2) is 8.78. The summed E-state index contributed by atoms with van der Waals surface area (Å²) in [6.07, 6.45) is 0. The minimum atomic E-state index is -0.655. The van der Waals surface area contributed by atoms with Crippen LogP contribution in [0.25, 0.3) is 0 Å². The zero-order valence-corrected chi connectivity index (χ0v) is 15.8. The molecule has 3 rings (SSSR count). The van der Waals surface area contributed by atoms with Crippen LogP contribution in [0.15, 0.2) is 42.5 Å². The molecule has 2 aromatic rings. The number of hydrogen-bond acceptors (Lipinski definition) is 3. The zero-order chi connectivity index (χ0) is 19.4. The maximum atomic E-state index is 14.0. The molecule has 27 heavy (non-hydrogen) atoms. The monoisotopic (exact) mass is 393 g/mol. The van der Waals surface area contributed by atoms with E-state index in [0.717, 1.165) is 31.7 Å². The van der Waals surface area contributed by atoms with Crippen molar-refractivity contribution in [3.63, 3.8) is 0 Å². The molecule has 1 atom stereocenters. The van der Waals surface area contributed by atoms with Crippen LogP contribution >= 0.6 is 11.6 Å². The largest absolute Gasteiger partial charge is 0.350 e. The Kier molecular flexibility index (Phi) is 6.42. The molecule has 1 aliphatic heterocycles. The summed E-state index contributed by atoms with van der Waals surface area (Å²) in [6.45, 7) is 3.75. The maximum Gasteiger partial charge on any atom is 0.255 e. The number of amides is 1. The Hall–Kier alpha value is -2.02. The summed E-state index contributed by atoms with van der Waals surface area (Å²) < 4.78 is 27.3. The van der Waals surface area contributed by atoms with Gasteiger partial charge in [0.2, 0.25) is 0 Å². The summed E-state index contributed by atoms with van der Waals surface area (Å²) in [5, 5.41) is 2.86. The van der Waals surface area contributed by atoms with Gasteiger partial charge in [-0.3, -0.25) is 9.69 Å². The van der Waals surface area contributed by atoms with Crippen LogP contribution in [0.2, 0.25) is 5.02 Å². The van der Waals surface area contributed by atoms with Crippen molar-refractivity contribution in [3.05, 3.63) is 70.2 Å². The lowest BCUT2D eigenvalue weighted by Crippen LogP contribution is -2.48. The summed E-state index contributed by atoms with van der Waals surface area (Å²) in [5.74, 6) is -1.52. The van der Waals surface area contributed by atoms with E-state index in [1.807, 2.05) is 0 Å². The predicted octanol–water partition coefficient (Wildman–Crippen LogP) is 3.34. The average Bonchev–Trinajstić information content (AvgIpc) is 2.64. The number of carbonyl (C=O) groups is 1. The van der Waals surface area contributed by atoms with Crippen molar-refractivity contribution in [1.82, 2.24) is 15.1 Å². The molecule has 1 saturated heterocycles. The van der Waals surface area contributed by atoms with Crippen molar-refractivity contribution in [3.8, 4) is 0 Å². The number of benzene rings is 2. The van der Waals surface area contributed by atoms with Gasteiger partial charge >= 0.3 is 0 Å². The SMILES string of the molecule is CN1CCN([C@@H](CNC(=O)c2c(F)cccc2Cl)c2ccc(F)cc2)CC1. The molecule has 7 heteroatoms. The smallest absolute Gasteiger partial charge is 0.255 e. The minimum Gasteiger partial charge on any atom is -0.350 e. The molecule has 0 spiro atoms. The molecular weight excluding hydrogens is 372 g/mol. The molecule has 1 fully saturated rings. The standard InChI is InChI=1S/C20H22ClF2N3O/c1-25-9-11-26(12-10-25)18(14-5-7-15(22)8-6-14)13-24-20(27)19-16(21)3-2-4-17(19)23/h2-8,18H,9-13H2,1H3,(H,24,27)/t18-/m0/s1. The summed E-state index contributed by atoms with van der Waals surface area (Å²) >= 11 is 5.98. The fraction of sp³-hybridized carbons (Fsp3) is 0.350. The van der Waals surface area contributed by atoms with Gasteiger partial charge in [0.15, 0.2) is 0 Å². The van der Waals surface area contributed by atoms with E-state index in [-0.39, 0.29) is 29.0 Å². The molecule has 0 bridgehead atoms. The lowest BCUT2D eigenvalue weighted by Gasteiger charge is -2.38. The van der Waals surface area contributed by atoms with Gasteiger partial charge in [0.25, 0.3) is 5.91 Å². The van der Waals surface area contributed by atoms with Gasteiger partial charge in [0.1, 0.15) is 11.6 Å². The van der Waals surface area contributed by atoms with Crippen molar-refractivity contribution in [1.29, 1.82) is 0 Å². The zero-order valence-electron chi connectivity index (χ0n) is 15.1. The molecule has 0 radical (unpaired) electrons. The van der Waals surface area contributed by atoms with Crippen LogP contribution in [0.3, 0.4) is 0 Å². The first-order valence-electron chi connectivity index (χ1n) is 8.86. The van der Waals surface area contributed by atoms with Crippen molar-refractivity contribution in [2.24, 2.45) is 0 Å². The van der Waals surface area contributed by atoms with Gasteiger partial charge in [-0.25, -0.2) is 8.78 Å². The van der Waals surface area contributed by atoms with E-state index in [1.165, 1.54) is 30.3 Å². The lowest BCUT2D eigenvalue weighted by atomic mass is 10.0. The molecule has 144 valence electrons. The highest BCUT2D eigenvalue weighted by Gasteiger charge is 2.25. The Bertz CT molecular complexity index is 772. The number of carbonyl (C=O) groups excluding carboxylic acids is 1. The van der Waals surface area contributed by atoms with Crippen molar-refractivity contribution < 1.29 is 13.6 Å². The van der Waals surface area contributed by atoms with Crippen LogP contribution in [-0.4, -0.2) is 55.5 Å². The van der Waals surface area contributed by atoms with Crippen molar-refractivity contribution >= 4 is 17.5 Å². The normalized spacial score (nSPS) is 16.9. The second-order valence-corrected chi connectivity index (χ2v) is 7.12. The molecule has 1 aliphatic rings. The van der Waals surface area contributed by atoms with Crippen LogP contribution in [-0.2, 0) is 0 Å². The highest BCUT2D eigenvalue weighted by Crippen LogP contribution is 2.23. The van der Waals surface area contributed by atoms with E-state index in [4.69, 9.17) is 11.6 Å². The van der Waals surface area contributed by atoms with E-state index in [1.54, 1.807) is 12.1 Å². The molecule has 0 aliphatic carbocycles. The topological polar surface area (TPSA) is 35.6 Å². The van der Waals surface area contributed by atoms with E-state index >= 15 is 0 Å². The quantitative estimate of drug-likeness (QED) is 0.846. The summed E-state index contributed by atoms with van der Waals surface area (Å²) in [6, 6.07) is 10.3. The van der Waals surface area contributed by atoms with Crippen LogP contribution < -0.4 is 5.32 Å². The van der Waals surface area contributed by atoms with Gasteiger partial charge < -0.3 is 10.2 Å². The maximum absolute atomic E-state index is 14.0. The Morgan fingerprint density at radius 3 is 2.41 bits per heavy atom. The third kappa shape index (κ3) is 4.83. The van der Waals surface area contributed by atoms with Gasteiger partial charge in [0, 0.05) is 32.7 Å². The number of halogens is 3. The molecule has 0 unspecified atom stereocenters. The molecule has 1 heterocycles. The van der Waals surface area contributed by atoms with E-state index in [2.05, 4.69) is 22.2 Å². The Labute approximate surface area is 162 Å². The molecule has 2 aromatic carbocycles. The predicted molar refractivity (Wildman–Crippen MR) is 102 cm³/mol. The molecule has 0 saturated carbocycles. The molecule has 0 aromatic heterocycles. The summed E-state index contributed by atoms with van der Waals surface area (Å²) in [7, 11) is 2.06. The molecule has 1 N–H and O–H groups in total. The van der Waals surface area contributed by atoms with Crippen molar-refractivity contribution in [2.75, 3.05) is 39.8 Å². The van der Waals surface area contributed by atoms with Gasteiger partial charge in [-0.15, -0.1) is 0 Å². The van der Waals surface area contributed by atoms with Gasteiger partial charge in [-0.05, 0) is 36.9 Å². The van der Waals surface area contributed by atoms with Crippen LogP contribution in [0.4, 0.5) is 8.78 Å². The average molecular weight is 394 g/mol. The van der Waals surface area contributed by atoms with E-state index < -0.39 is 11.7 Å². The highest BCUT2D eigenvalue weighted by atomic mass is 35.5. The molecule has 1 amide bonds. The van der Waals surface area contributed by atoms with Crippen molar-refractivity contribution in [2.45, 2.75) is 6.04 Å². The number of likely N-dealkylation sites (N-methyl/N-ethyl adjacent to an activating group) is 1. The first-order valence-corrected chi connectivity index (χ1v) is 9.24. The van der Waals surface area contributed by atoms with Crippen LogP contribution in [0, 0.1) is 11.6 Å². The first-order chi connectivity index (χ1) is 13.0. The third-order valence-electron chi connectivity index (χ3n) is 4.88. The van der Waals surface area contributed by atoms with Gasteiger partial charge in [-0.2, -0.15) is 0 Å². The first kappa shape index (κ1) is 19.7.